The van der Waals surface area contributed by atoms with Gasteiger partial charge in [0.05, 0.1) is 0 Å². The molecule has 0 aliphatic heterocycles. The van der Waals surface area contributed by atoms with Crippen LogP contribution in [-0.2, 0) is 14.3 Å². The van der Waals surface area contributed by atoms with Crippen LogP contribution in [0, 0.1) is 6.92 Å². The van der Waals surface area contributed by atoms with Crippen LogP contribution < -0.4 is 0 Å². The fraction of sp³-hybridized carbons (Fsp3) is 0.111. The lowest BCUT2D eigenvalue weighted by molar-refractivity contribution is 0.435. The lowest BCUT2D eigenvalue weighted by Gasteiger charge is -2.01. The molecular formula is C9H9FO3S. The van der Waals surface area contributed by atoms with E-state index in [-0.39, 0.29) is 11.2 Å². The molecule has 0 unspecified atom stereocenters. The molecule has 5 heteroatoms. The van der Waals surface area contributed by atoms with Crippen LogP contribution in [0.5, 0.6) is 0 Å². The number of hydrogen-bond donors (Lipinski definition) is 0. The van der Waals surface area contributed by atoms with Crippen LogP contribution in [0.15, 0.2) is 41.8 Å². The fourth-order valence-electron chi connectivity index (χ4n) is 0.855. The summed E-state index contributed by atoms with van der Waals surface area (Å²) in [6.45, 7) is 1.83. The first-order chi connectivity index (χ1) is 6.56. The normalized spacial score (nSPS) is 11.9. The topological polar surface area (TPSA) is 43.4 Å². The van der Waals surface area contributed by atoms with Crippen molar-refractivity contribution in [1.82, 2.24) is 0 Å². The minimum absolute atomic E-state index is 0.00111. The lowest BCUT2D eigenvalue weighted by atomic mass is 10.2. The van der Waals surface area contributed by atoms with Gasteiger partial charge in [0, 0.05) is 0 Å². The van der Waals surface area contributed by atoms with Crippen molar-refractivity contribution >= 4 is 10.1 Å². The Kier molecular flexibility index (Phi) is 3.24. The summed E-state index contributed by atoms with van der Waals surface area (Å²) >= 11 is 0. The summed E-state index contributed by atoms with van der Waals surface area (Å²) in [5.41, 5.74) is 0.935. The molecule has 0 aromatic heterocycles. The van der Waals surface area contributed by atoms with E-state index in [2.05, 4.69) is 4.18 Å². The number of aryl methyl sites for hydroxylation is 1. The third-order valence-corrected chi connectivity index (χ3v) is 2.76. The van der Waals surface area contributed by atoms with Gasteiger partial charge in [0.2, 0.25) is 0 Å². The van der Waals surface area contributed by atoms with Crippen molar-refractivity contribution < 1.29 is 17.0 Å². The SMILES string of the molecule is Cc1ccc(S(=O)(=O)OC=CF)cc1. The second-order valence-corrected chi connectivity index (χ2v) is 4.20. The van der Waals surface area contributed by atoms with Gasteiger partial charge in [0.25, 0.3) is 0 Å². The highest BCUT2D eigenvalue weighted by Crippen LogP contribution is 2.13. The van der Waals surface area contributed by atoms with Gasteiger partial charge < -0.3 is 4.18 Å². The summed E-state index contributed by atoms with van der Waals surface area (Å²) < 4.78 is 38.3. The predicted octanol–water partition coefficient (Wildman–Crippen LogP) is 2.14. The Hall–Kier alpha value is -1.36. The highest BCUT2D eigenvalue weighted by molar-refractivity contribution is 7.86. The third kappa shape index (κ3) is 2.56. The molecule has 0 amide bonds. The fourth-order valence-corrected chi connectivity index (χ4v) is 1.62. The first-order valence-corrected chi connectivity index (χ1v) is 5.22. The summed E-state index contributed by atoms with van der Waals surface area (Å²) in [5.74, 6) is 0. The number of benzene rings is 1. The van der Waals surface area contributed by atoms with E-state index in [1.165, 1.54) is 12.1 Å². The van der Waals surface area contributed by atoms with Gasteiger partial charge in [-0.3, -0.25) is 0 Å². The van der Waals surface area contributed by atoms with E-state index in [0.29, 0.717) is 6.26 Å². The molecule has 0 aliphatic carbocycles. The Morgan fingerprint density at radius 3 is 2.36 bits per heavy atom. The second-order valence-electron chi connectivity index (χ2n) is 2.63. The van der Waals surface area contributed by atoms with Crippen LogP contribution in [-0.4, -0.2) is 8.42 Å². The Morgan fingerprint density at radius 2 is 1.86 bits per heavy atom. The summed E-state index contributed by atoms with van der Waals surface area (Å²) in [6.07, 6.45) is 0.501. The Bertz CT molecular complexity index is 420. The molecule has 0 bridgehead atoms. The highest BCUT2D eigenvalue weighted by Gasteiger charge is 2.12. The van der Waals surface area contributed by atoms with Crippen molar-refractivity contribution in [2.45, 2.75) is 11.8 Å². The maximum Gasteiger partial charge on any atom is 0.338 e. The van der Waals surface area contributed by atoms with Gasteiger partial charge in [0.1, 0.15) is 17.5 Å². The summed E-state index contributed by atoms with van der Waals surface area (Å²) in [4.78, 5) is 0.00111. The molecule has 1 aromatic rings. The minimum atomic E-state index is -3.87. The van der Waals surface area contributed by atoms with Crippen molar-refractivity contribution in [2.24, 2.45) is 0 Å². The largest absolute Gasteiger partial charge is 0.384 e. The number of rotatable bonds is 3. The molecule has 3 nitrogen and oxygen atoms in total. The molecule has 14 heavy (non-hydrogen) atoms. The molecule has 0 atom stereocenters. The van der Waals surface area contributed by atoms with Crippen molar-refractivity contribution in [3.05, 3.63) is 42.4 Å². The molecule has 0 radical (unpaired) electrons. The van der Waals surface area contributed by atoms with Gasteiger partial charge in [0.15, 0.2) is 0 Å². The van der Waals surface area contributed by atoms with Gasteiger partial charge in [-0.1, -0.05) is 17.7 Å². The summed E-state index contributed by atoms with van der Waals surface area (Å²) in [6, 6.07) is 6.07. The monoisotopic (exact) mass is 216 g/mol. The van der Waals surface area contributed by atoms with E-state index in [9.17, 15) is 12.8 Å². The van der Waals surface area contributed by atoms with Crippen LogP contribution in [0.25, 0.3) is 0 Å². The molecule has 0 saturated carbocycles. The molecule has 0 heterocycles. The molecule has 1 aromatic carbocycles. The predicted molar refractivity (Wildman–Crippen MR) is 49.7 cm³/mol. The standard InChI is InChI=1S/C9H9FO3S/c1-8-2-4-9(5-3-8)14(11,12)13-7-6-10/h2-7H,1H3. The zero-order chi connectivity index (χ0) is 10.6. The Balaban J connectivity index is 2.99. The van der Waals surface area contributed by atoms with E-state index in [1.54, 1.807) is 12.1 Å². The lowest BCUT2D eigenvalue weighted by Crippen LogP contribution is -2.01. The third-order valence-electron chi connectivity index (χ3n) is 1.54. The van der Waals surface area contributed by atoms with Crippen LogP contribution in [0.2, 0.25) is 0 Å². The second kappa shape index (κ2) is 4.23. The average molecular weight is 216 g/mol. The van der Waals surface area contributed by atoms with E-state index in [1.807, 2.05) is 6.92 Å². The molecule has 0 fully saturated rings. The van der Waals surface area contributed by atoms with Crippen molar-refractivity contribution in [3.63, 3.8) is 0 Å². The van der Waals surface area contributed by atoms with Crippen molar-refractivity contribution in [3.8, 4) is 0 Å². The minimum Gasteiger partial charge on any atom is -0.384 e. The molecule has 76 valence electrons. The Labute approximate surface area is 82.0 Å². The molecule has 0 aliphatic rings. The van der Waals surface area contributed by atoms with Crippen LogP contribution in [0.3, 0.4) is 0 Å². The molecule has 0 spiro atoms. The van der Waals surface area contributed by atoms with Crippen molar-refractivity contribution in [2.75, 3.05) is 0 Å². The zero-order valence-electron chi connectivity index (χ0n) is 7.48. The highest BCUT2D eigenvalue weighted by atomic mass is 32.2. The molecular weight excluding hydrogens is 207 g/mol. The Morgan fingerprint density at radius 1 is 1.29 bits per heavy atom. The maximum absolute atomic E-state index is 11.5. The number of halogens is 1. The van der Waals surface area contributed by atoms with E-state index in [4.69, 9.17) is 0 Å². The first-order valence-electron chi connectivity index (χ1n) is 3.81. The molecule has 0 saturated heterocycles. The van der Waals surface area contributed by atoms with Gasteiger partial charge in [-0.25, -0.2) is 4.39 Å². The summed E-state index contributed by atoms with van der Waals surface area (Å²) in [7, 11) is -3.87. The van der Waals surface area contributed by atoms with E-state index >= 15 is 0 Å². The molecule has 0 N–H and O–H groups in total. The van der Waals surface area contributed by atoms with Gasteiger partial charge in [-0.15, -0.1) is 0 Å². The first kappa shape index (κ1) is 10.7. The average Bonchev–Trinajstić information content (AvgIpc) is 2.16. The summed E-state index contributed by atoms with van der Waals surface area (Å²) in [5, 5.41) is 0. The van der Waals surface area contributed by atoms with Gasteiger partial charge in [-0.2, -0.15) is 8.42 Å². The maximum atomic E-state index is 11.5. The molecule has 1 rings (SSSR count). The van der Waals surface area contributed by atoms with E-state index < -0.39 is 10.1 Å². The van der Waals surface area contributed by atoms with Gasteiger partial charge >= 0.3 is 10.1 Å². The van der Waals surface area contributed by atoms with Crippen LogP contribution in [0.1, 0.15) is 5.56 Å². The van der Waals surface area contributed by atoms with Crippen molar-refractivity contribution in [1.29, 1.82) is 0 Å². The van der Waals surface area contributed by atoms with Gasteiger partial charge in [-0.05, 0) is 19.1 Å². The number of hydrogen-bond acceptors (Lipinski definition) is 3. The van der Waals surface area contributed by atoms with Crippen LogP contribution in [0.4, 0.5) is 4.39 Å². The smallest absolute Gasteiger partial charge is 0.338 e. The van der Waals surface area contributed by atoms with E-state index in [0.717, 1.165) is 5.56 Å². The quantitative estimate of drug-likeness (QED) is 0.574. The van der Waals surface area contributed by atoms with Crippen LogP contribution >= 0.6 is 0 Å². The zero-order valence-corrected chi connectivity index (χ0v) is 8.29.